The summed E-state index contributed by atoms with van der Waals surface area (Å²) in [5, 5.41) is 18.5. The van der Waals surface area contributed by atoms with Crippen LogP contribution in [0.15, 0.2) is 64.4 Å². The van der Waals surface area contributed by atoms with Crippen molar-refractivity contribution in [3.05, 3.63) is 81.9 Å². The molecular formula is C25H26N6O5. The number of carboxylic acid groups (broad SMARTS) is 1. The van der Waals surface area contributed by atoms with Gasteiger partial charge in [0.05, 0.1) is 17.4 Å². The van der Waals surface area contributed by atoms with E-state index in [1.54, 1.807) is 36.4 Å². The fourth-order valence-corrected chi connectivity index (χ4v) is 3.57. The lowest BCUT2D eigenvalue weighted by molar-refractivity contribution is -0.139. The Morgan fingerprint density at radius 2 is 2.03 bits per heavy atom. The summed E-state index contributed by atoms with van der Waals surface area (Å²) in [4.78, 5) is 47.7. The van der Waals surface area contributed by atoms with Gasteiger partial charge in [-0.3, -0.25) is 9.79 Å². The second-order valence-electron chi connectivity index (χ2n) is 8.03. The first-order chi connectivity index (χ1) is 17.5. The van der Waals surface area contributed by atoms with Crippen LogP contribution in [-0.4, -0.2) is 58.8 Å². The lowest BCUT2D eigenvalue weighted by Gasteiger charge is -2.14. The number of carbonyl (C=O) groups is 2. The molecule has 1 aliphatic heterocycles. The molecule has 36 heavy (non-hydrogen) atoms. The number of nitrogens with one attached hydrogen (secondary N) is 4. The molecular weight excluding hydrogens is 464 g/mol. The maximum atomic E-state index is 12.7. The third-order valence-corrected chi connectivity index (χ3v) is 5.35. The van der Waals surface area contributed by atoms with Gasteiger partial charge in [-0.05, 0) is 23.3 Å². The zero-order valence-electron chi connectivity index (χ0n) is 19.4. The van der Waals surface area contributed by atoms with E-state index in [4.69, 9.17) is 4.74 Å². The number of H-pyrrole nitrogens is 1. The number of fused-ring (bicyclic) bond motifs is 1. The molecule has 0 fully saturated rings. The van der Waals surface area contributed by atoms with Crippen molar-refractivity contribution >= 4 is 35.0 Å². The largest absolute Gasteiger partial charge is 0.480 e. The van der Waals surface area contributed by atoms with Crippen molar-refractivity contribution in [3.8, 4) is 0 Å². The van der Waals surface area contributed by atoms with Crippen LogP contribution in [-0.2, 0) is 22.6 Å². The highest BCUT2D eigenvalue weighted by Gasteiger charge is 2.23. The summed E-state index contributed by atoms with van der Waals surface area (Å²) in [5.74, 6) is -0.368. The second kappa shape index (κ2) is 11.6. The summed E-state index contributed by atoms with van der Waals surface area (Å²) in [6, 6.07) is 12.9. The molecule has 0 unspecified atom stereocenters. The number of aromatic amines is 1. The summed E-state index contributed by atoms with van der Waals surface area (Å²) in [7, 11) is 0. The monoisotopic (exact) mass is 490 g/mol. The van der Waals surface area contributed by atoms with E-state index in [-0.39, 0.29) is 18.9 Å². The number of rotatable bonds is 9. The molecule has 5 N–H and O–H groups in total. The van der Waals surface area contributed by atoms with Gasteiger partial charge in [-0.1, -0.05) is 48.6 Å². The van der Waals surface area contributed by atoms with Crippen LogP contribution in [0.5, 0.6) is 0 Å². The van der Waals surface area contributed by atoms with Gasteiger partial charge in [-0.15, -0.1) is 0 Å². The highest BCUT2D eigenvalue weighted by molar-refractivity contribution is 5.82. The lowest BCUT2D eigenvalue weighted by Crippen LogP contribution is -2.43. The van der Waals surface area contributed by atoms with Crippen LogP contribution in [0.25, 0.3) is 17.0 Å². The van der Waals surface area contributed by atoms with E-state index in [1.165, 1.54) is 0 Å². The molecule has 0 bridgehead atoms. The third kappa shape index (κ3) is 6.69. The van der Waals surface area contributed by atoms with Crippen LogP contribution in [0.3, 0.4) is 0 Å². The highest BCUT2D eigenvalue weighted by atomic mass is 16.5. The Balaban J connectivity index is 1.38. The van der Waals surface area contributed by atoms with Gasteiger partial charge in [0, 0.05) is 19.5 Å². The van der Waals surface area contributed by atoms with Crippen LogP contribution in [0.4, 0.5) is 4.79 Å². The van der Waals surface area contributed by atoms with Gasteiger partial charge in [0.1, 0.15) is 18.5 Å². The average molecular weight is 491 g/mol. The fraction of sp³-hybridized carbons (Fsp3) is 0.240. The number of amides is 1. The van der Waals surface area contributed by atoms with Crippen LogP contribution >= 0.6 is 0 Å². The Kier molecular flexibility index (Phi) is 7.91. The summed E-state index contributed by atoms with van der Waals surface area (Å²) in [6.45, 7) is 2.17. The van der Waals surface area contributed by atoms with Gasteiger partial charge in [-0.25, -0.2) is 14.6 Å². The SMILES string of the molecule is O=C(N[C@@H](Cc1nc2ccc(C=CCNC3=NCCN3)cc2c(=O)[nH]1)C(=O)O)OCc1ccccc1. The number of aliphatic imine (C=N–C) groups is 1. The van der Waals surface area contributed by atoms with Crippen molar-refractivity contribution in [1.29, 1.82) is 0 Å². The number of guanidine groups is 1. The lowest BCUT2D eigenvalue weighted by atomic mass is 10.1. The maximum Gasteiger partial charge on any atom is 0.408 e. The van der Waals surface area contributed by atoms with Crippen molar-refractivity contribution in [1.82, 2.24) is 25.9 Å². The Morgan fingerprint density at radius 3 is 2.78 bits per heavy atom. The van der Waals surface area contributed by atoms with E-state index < -0.39 is 23.7 Å². The summed E-state index contributed by atoms with van der Waals surface area (Å²) in [6.07, 6.45) is 2.70. The van der Waals surface area contributed by atoms with Crippen molar-refractivity contribution < 1.29 is 19.4 Å². The molecule has 1 amide bonds. The van der Waals surface area contributed by atoms with Crippen molar-refractivity contribution in [3.63, 3.8) is 0 Å². The Bertz CT molecular complexity index is 1350. The third-order valence-electron chi connectivity index (χ3n) is 5.35. The number of hydrogen-bond donors (Lipinski definition) is 5. The van der Waals surface area contributed by atoms with Gasteiger partial charge < -0.3 is 30.8 Å². The number of nitrogens with zero attached hydrogens (tertiary/aromatic N) is 2. The first-order valence-electron chi connectivity index (χ1n) is 11.4. The average Bonchev–Trinajstić information content (AvgIpc) is 3.39. The van der Waals surface area contributed by atoms with Crippen molar-refractivity contribution in [2.45, 2.75) is 19.1 Å². The second-order valence-corrected chi connectivity index (χ2v) is 8.03. The van der Waals surface area contributed by atoms with Crippen LogP contribution in [0.2, 0.25) is 0 Å². The smallest absolute Gasteiger partial charge is 0.408 e. The van der Waals surface area contributed by atoms with E-state index in [1.807, 2.05) is 24.3 Å². The van der Waals surface area contributed by atoms with E-state index >= 15 is 0 Å². The Hall–Kier alpha value is -4.67. The molecule has 2 aromatic carbocycles. The molecule has 0 saturated carbocycles. The molecule has 0 saturated heterocycles. The normalized spacial score (nSPS) is 13.7. The van der Waals surface area contributed by atoms with Crippen LogP contribution in [0, 0.1) is 0 Å². The van der Waals surface area contributed by atoms with Gasteiger partial charge >= 0.3 is 12.1 Å². The number of hydrogen-bond acceptors (Lipinski definition) is 8. The molecule has 1 atom stereocenters. The molecule has 11 heteroatoms. The minimum absolute atomic E-state index is 0.00253. The maximum absolute atomic E-state index is 12.7. The van der Waals surface area contributed by atoms with Gasteiger partial charge in [0.2, 0.25) is 0 Å². The number of benzene rings is 2. The minimum Gasteiger partial charge on any atom is -0.480 e. The molecule has 3 aromatic rings. The standard InChI is InChI=1S/C25H26N6O5/c32-22-18-13-16(7-4-10-26-24-27-11-12-28-24)8-9-19(18)29-21(31-22)14-20(23(33)34)30-25(35)36-15-17-5-2-1-3-6-17/h1-9,13,20H,10-12,14-15H2,(H,30,35)(H,33,34)(H2,26,27,28)(H,29,31,32)/t20-/m0/s1. The predicted molar refractivity (Wildman–Crippen MR) is 135 cm³/mol. The Morgan fingerprint density at radius 1 is 1.19 bits per heavy atom. The van der Waals surface area contributed by atoms with E-state index in [0.717, 1.165) is 30.2 Å². The molecule has 1 aromatic heterocycles. The quantitative estimate of drug-likeness (QED) is 0.301. The van der Waals surface area contributed by atoms with Crippen LogP contribution < -0.4 is 21.5 Å². The summed E-state index contributed by atoms with van der Waals surface area (Å²) < 4.78 is 5.10. The zero-order valence-corrected chi connectivity index (χ0v) is 19.4. The van der Waals surface area contributed by atoms with E-state index in [2.05, 4.69) is 30.9 Å². The topological polar surface area (TPSA) is 158 Å². The molecule has 2 heterocycles. The molecule has 4 rings (SSSR count). The number of aliphatic carboxylic acids is 1. The number of ether oxygens (including phenoxy) is 1. The van der Waals surface area contributed by atoms with Gasteiger partial charge in [0.25, 0.3) is 5.56 Å². The van der Waals surface area contributed by atoms with E-state index in [0.29, 0.717) is 17.4 Å². The first-order valence-corrected chi connectivity index (χ1v) is 11.4. The number of aromatic nitrogens is 2. The number of alkyl carbamates (subject to hydrolysis) is 1. The van der Waals surface area contributed by atoms with Crippen molar-refractivity contribution in [2.24, 2.45) is 4.99 Å². The number of carbonyl (C=O) groups excluding carboxylic acids is 1. The highest BCUT2D eigenvalue weighted by Crippen LogP contribution is 2.12. The molecule has 0 aliphatic carbocycles. The van der Waals surface area contributed by atoms with Crippen LogP contribution in [0.1, 0.15) is 17.0 Å². The predicted octanol–water partition coefficient (Wildman–Crippen LogP) is 1.41. The fourth-order valence-electron chi connectivity index (χ4n) is 3.57. The molecule has 0 spiro atoms. The summed E-state index contributed by atoms with van der Waals surface area (Å²) >= 11 is 0. The molecule has 0 radical (unpaired) electrons. The zero-order chi connectivity index (χ0) is 25.3. The Labute approximate surface area is 206 Å². The van der Waals surface area contributed by atoms with E-state index in [9.17, 15) is 19.5 Å². The summed E-state index contributed by atoms with van der Waals surface area (Å²) in [5.41, 5.74) is 1.61. The number of carboxylic acids is 1. The molecule has 186 valence electrons. The molecule has 11 nitrogen and oxygen atoms in total. The van der Waals surface area contributed by atoms with Gasteiger partial charge in [0.15, 0.2) is 5.96 Å². The van der Waals surface area contributed by atoms with Crippen molar-refractivity contribution in [2.75, 3.05) is 19.6 Å². The van der Waals surface area contributed by atoms with Gasteiger partial charge in [-0.2, -0.15) is 0 Å². The minimum atomic E-state index is -1.33. The molecule has 1 aliphatic rings. The first kappa shape index (κ1) is 24.5.